The van der Waals surface area contributed by atoms with E-state index in [-0.39, 0.29) is 0 Å². The normalized spacial score (nSPS) is 11.8. The van der Waals surface area contributed by atoms with Gasteiger partial charge in [-0.2, -0.15) is 0 Å². The highest BCUT2D eigenvalue weighted by molar-refractivity contribution is 6.21. The van der Waals surface area contributed by atoms with Gasteiger partial charge in [-0.05, 0) is 104 Å². The van der Waals surface area contributed by atoms with Crippen molar-refractivity contribution in [3.8, 4) is 22.3 Å². The molecule has 0 atom stereocenters. The van der Waals surface area contributed by atoms with E-state index in [1.165, 1.54) is 43.8 Å². The summed E-state index contributed by atoms with van der Waals surface area (Å²) in [5, 5.41) is 9.37. The smallest absolute Gasteiger partial charge is 0.135 e. The molecule has 11 aromatic rings. The van der Waals surface area contributed by atoms with Gasteiger partial charge in [-0.25, -0.2) is 0 Å². The van der Waals surface area contributed by atoms with Gasteiger partial charge in [0.05, 0.1) is 0 Å². The monoisotopic (exact) mass is 677 g/mol. The quantitative estimate of drug-likeness (QED) is 0.170. The van der Waals surface area contributed by atoms with Crippen molar-refractivity contribution in [3.05, 3.63) is 188 Å². The number of hydrogen-bond donors (Lipinski definition) is 0. The van der Waals surface area contributed by atoms with Crippen molar-refractivity contribution < 1.29 is 8.83 Å². The summed E-state index contributed by atoms with van der Waals surface area (Å²) in [5.74, 6) is 0. The van der Waals surface area contributed by atoms with E-state index in [0.29, 0.717) is 0 Å². The van der Waals surface area contributed by atoms with Gasteiger partial charge in [-0.15, -0.1) is 0 Å². The third-order valence-electron chi connectivity index (χ3n) is 10.6. The molecule has 0 unspecified atom stereocenters. The lowest BCUT2D eigenvalue weighted by Crippen LogP contribution is -2.09. The van der Waals surface area contributed by atoms with Crippen LogP contribution in [-0.2, 0) is 0 Å². The molecule has 53 heavy (non-hydrogen) atoms. The van der Waals surface area contributed by atoms with Crippen molar-refractivity contribution in [3.63, 3.8) is 0 Å². The van der Waals surface area contributed by atoms with E-state index < -0.39 is 0 Å². The van der Waals surface area contributed by atoms with Crippen LogP contribution in [0.25, 0.3) is 87.7 Å². The number of rotatable bonds is 5. The van der Waals surface area contributed by atoms with Crippen LogP contribution >= 0.6 is 0 Å². The minimum atomic E-state index is 0.874. The number of hydrogen-bond acceptors (Lipinski definition) is 3. The first kappa shape index (κ1) is 29.6. The Hall–Kier alpha value is -7.10. The summed E-state index contributed by atoms with van der Waals surface area (Å²) in [6.07, 6.45) is 0. The van der Waals surface area contributed by atoms with Gasteiger partial charge in [0, 0.05) is 38.6 Å². The summed E-state index contributed by atoms with van der Waals surface area (Å²) in [7, 11) is 0. The fourth-order valence-electron chi connectivity index (χ4n) is 8.29. The molecule has 9 aromatic carbocycles. The molecular weight excluding hydrogens is 647 g/mol. The maximum atomic E-state index is 6.23. The largest absolute Gasteiger partial charge is 0.456 e. The van der Waals surface area contributed by atoms with Crippen LogP contribution in [0.3, 0.4) is 0 Å². The van der Waals surface area contributed by atoms with Crippen LogP contribution in [0.1, 0.15) is 0 Å². The molecule has 2 aromatic heterocycles. The number of para-hydroxylation sites is 2. The van der Waals surface area contributed by atoms with Gasteiger partial charge < -0.3 is 13.7 Å². The van der Waals surface area contributed by atoms with Gasteiger partial charge in [0.25, 0.3) is 0 Å². The second-order valence-electron chi connectivity index (χ2n) is 13.6. The van der Waals surface area contributed by atoms with Crippen LogP contribution in [0.4, 0.5) is 17.1 Å². The van der Waals surface area contributed by atoms with Crippen LogP contribution < -0.4 is 4.90 Å². The molecule has 0 bridgehead atoms. The first-order chi connectivity index (χ1) is 26.3. The maximum absolute atomic E-state index is 6.23. The lowest BCUT2D eigenvalue weighted by Gasteiger charge is -2.26. The summed E-state index contributed by atoms with van der Waals surface area (Å²) in [5.41, 5.74) is 11.6. The average molecular weight is 678 g/mol. The van der Waals surface area contributed by atoms with E-state index in [2.05, 4.69) is 169 Å². The molecule has 3 nitrogen and oxygen atoms in total. The molecule has 0 saturated carbocycles. The van der Waals surface area contributed by atoms with Gasteiger partial charge in [0.15, 0.2) is 0 Å². The molecular formula is C50H31NO2. The first-order valence-electron chi connectivity index (χ1n) is 18.0. The second-order valence-corrected chi connectivity index (χ2v) is 13.6. The third-order valence-corrected chi connectivity index (χ3v) is 10.6. The number of benzene rings is 9. The van der Waals surface area contributed by atoms with Crippen LogP contribution in [-0.4, -0.2) is 0 Å². The molecule has 0 radical (unpaired) electrons. The first-order valence-corrected chi connectivity index (χ1v) is 18.0. The van der Waals surface area contributed by atoms with Crippen LogP contribution in [0.15, 0.2) is 197 Å². The zero-order valence-electron chi connectivity index (χ0n) is 28.7. The highest BCUT2D eigenvalue weighted by Gasteiger charge is 2.20. The fraction of sp³-hybridized carbons (Fsp3) is 0. The SMILES string of the molecule is c1ccc(-c2c3ccccc3c(-c3ccc(N(c4ccc5oc6ccccc6c5c4)c4ccc5oc6ccccc6c5c4)cc3)c3ccccc23)cc1. The third kappa shape index (κ3) is 4.68. The molecule has 0 spiro atoms. The average Bonchev–Trinajstić information content (AvgIpc) is 3.78. The highest BCUT2D eigenvalue weighted by atomic mass is 16.3. The minimum Gasteiger partial charge on any atom is -0.456 e. The summed E-state index contributed by atoms with van der Waals surface area (Å²) in [6, 6.07) is 66.9. The molecule has 11 rings (SSSR count). The Morgan fingerprint density at radius 2 is 0.623 bits per heavy atom. The molecule has 0 aliphatic heterocycles. The van der Waals surface area contributed by atoms with Gasteiger partial charge in [-0.1, -0.05) is 127 Å². The molecule has 0 amide bonds. The highest BCUT2D eigenvalue weighted by Crippen LogP contribution is 2.45. The molecule has 0 aliphatic carbocycles. The van der Waals surface area contributed by atoms with Crippen LogP contribution in [0, 0.1) is 0 Å². The Labute approximate surface area is 305 Å². The van der Waals surface area contributed by atoms with E-state index in [9.17, 15) is 0 Å². The Kier molecular flexibility index (Phi) is 6.55. The van der Waals surface area contributed by atoms with E-state index in [0.717, 1.165) is 60.9 Å². The number of anilines is 3. The van der Waals surface area contributed by atoms with Crippen molar-refractivity contribution in [1.82, 2.24) is 0 Å². The lowest BCUT2D eigenvalue weighted by atomic mass is 9.86. The minimum absolute atomic E-state index is 0.874. The van der Waals surface area contributed by atoms with E-state index in [1.54, 1.807) is 0 Å². The van der Waals surface area contributed by atoms with Crippen LogP contribution in [0.5, 0.6) is 0 Å². The van der Waals surface area contributed by atoms with Crippen molar-refractivity contribution in [2.45, 2.75) is 0 Å². The predicted molar refractivity (Wildman–Crippen MR) is 222 cm³/mol. The van der Waals surface area contributed by atoms with Gasteiger partial charge >= 0.3 is 0 Å². The van der Waals surface area contributed by atoms with Crippen molar-refractivity contribution in [1.29, 1.82) is 0 Å². The topological polar surface area (TPSA) is 29.5 Å². The fourth-order valence-corrected chi connectivity index (χ4v) is 8.29. The standard InChI is InChI=1S/C50H31NO2/c1-2-12-32(13-3-1)49-39-16-4-6-18-41(39)50(42-19-7-5-17-40(42)49)33-22-24-34(25-23-33)51(35-26-28-47-43(30-35)37-14-8-10-20-45(37)52-47)36-27-29-48-44(31-36)38-15-9-11-21-46(38)53-48/h1-31H. The molecule has 0 saturated heterocycles. The Bertz CT molecular complexity index is 3000. The maximum Gasteiger partial charge on any atom is 0.135 e. The molecule has 0 fully saturated rings. The zero-order chi connectivity index (χ0) is 34.9. The Morgan fingerprint density at radius 3 is 1.09 bits per heavy atom. The molecule has 2 heterocycles. The van der Waals surface area contributed by atoms with E-state index in [4.69, 9.17) is 8.83 Å². The number of fused-ring (bicyclic) bond motifs is 8. The van der Waals surface area contributed by atoms with Gasteiger partial charge in [0.2, 0.25) is 0 Å². The van der Waals surface area contributed by atoms with Crippen LogP contribution in [0.2, 0.25) is 0 Å². The molecule has 0 N–H and O–H groups in total. The van der Waals surface area contributed by atoms with Crippen molar-refractivity contribution in [2.24, 2.45) is 0 Å². The summed E-state index contributed by atoms with van der Waals surface area (Å²) in [4.78, 5) is 2.33. The van der Waals surface area contributed by atoms with E-state index >= 15 is 0 Å². The Morgan fingerprint density at radius 1 is 0.264 bits per heavy atom. The zero-order valence-corrected chi connectivity index (χ0v) is 28.7. The Balaban J connectivity index is 1.12. The summed E-state index contributed by atoms with van der Waals surface area (Å²) >= 11 is 0. The van der Waals surface area contributed by atoms with Crippen molar-refractivity contribution >= 4 is 82.5 Å². The molecule has 0 aliphatic rings. The molecule has 3 heteroatoms. The summed E-state index contributed by atoms with van der Waals surface area (Å²) in [6.45, 7) is 0. The van der Waals surface area contributed by atoms with Crippen molar-refractivity contribution in [2.75, 3.05) is 4.90 Å². The molecule has 248 valence electrons. The van der Waals surface area contributed by atoms with Gasteiger partial charge in [0.1, 0.15) is 22.3 Å². The lowest BCUT2D eigenvalue weighted by molar-refractivity contribution is 0.668. The van der Waals surface area contributed by atoms with Gasteiger partial charge in [-0.3, -0.25) is 0 Å². The predicted octanol–water partition coefficient (Wildman–Crippen LogP) is 14.6. The second kappa shape index (κ2) is 11.7. The number of nitrogens with zero attached hydrogens (tertiary/aromatic N) is 1. The number of furan rings is 2. The van der Waals surface area contributed by atoms with E-state index in [1.807, 2.05) is 24.3 Å². The summed E-state index contributed by atoms with van der Waals surface area (Å²) < 4.78 is 12.5.